The number of carbonyl (C=O) groups excluding carboxylic acids is 1. The Bertz CT molecular complexity index is 450. The summed E-state index contributed by atoms with van der Waals surface area (Å²) in [5, 5.41) is 0.980. The van der Waals surface area contributed by atoms with E-state index in [-0.39, 0.29) is 5.78 Å². The molecule has 0 aromatic carbocycles. The summed E-state index contributed by atoms with van der Waals surface area (Å²) in [6.07, 6.45) is 0. The number of hydrogen-bond donors (Lipinski definition) is 1. The fourth-order valence-electron chi connectivity index (χ4n) is 2.09. The van der Waals surface area contributed by atoms with Crippen LogP contribution in [0.4, 0.5) is 10.7 Å². The van der Waals surface area contributed by atoms with Crippen LogP contribution in [0, 0.1) is 0 Å². The van der Waals surface area contributed by atoms with Crippen LogP contribution in [0.3, 0.4) is 0 Å². The van der Waals surface area contributed by atoms with Crippen LogP contribution in [0.2, 0.25) is 0 Å². The number of rotatable bonds is 3. The second kappa shape index (κ2) is 5.16. The lowest BCUT2D eigenvalue weighted by Gasteiger charge is -2.33. The van der Waals surface area contributed by atoms with Crippen molar-refractivity contribution in [2.45, 2.75) is 6.92 Å². The summed E-state index contributed by atoms with van der Waals surface area (Å²) in [6, 6.07) is 0. The Kier molecular flexibility index (Phi) is 3.77. The number of nitrogens with two attached hydrogens (primary N) is 1. The van der Waals surface area contributed by atoms with Crippen molar-refractivity contribution in [2.24, 2.45) is 0 Å². The van der Waals surface area contributed by atoms with Crippen LogP contribution in [-0.4, -0.2) is 51.0 Å². The lowest BCUT2D eigenvalue weighted by Crippen LogP contribution is -2.44. The number of likely N-dealkylation sites (N-methyl/N-ethyl adjacent to an activating group) is 1. The Morgan fingerprint density at radius 1 is 1.33 bits per heavy atom. The number of piperazine rings is 1. The molecule has 0 bridgehead atoms. The van der Waals surface area contributed by atoms with Gasteiger partial charge in [-0.2, -0.15) is 0 Å². The third kappa shape index (κ3) is 2.30. The Balaban J connectivity index is 2.32. The quantitative estimate of drug-likeness (QED) is 0.838. The van der Waals surface area contributed by atoms with Gasteiger partial charge in [0.25, 0.3) is 0 Å². The molecule has 0 radical (unpaired) electrons. The molecule has 2 heterocycles. The number of methoxy groups -OCH3 is 1. The van der Waals surface area contributed by atoms with Crippen LogP contribution in [0.5, 0.6) is 5.75 Å². The molecule has 0 spiro atoms. The van der Waals surface area contributed by atoms with E-state index in [2.05, 4.69) is 16.8 Å². The van der Waals surface area contributed by atoms with Crippen molar-refractivity contribution in [3.05, 3.63) is 4.88 Å². The highest BCUT2D eigenvalue weighted by atomic mass is 32.1. The van der Waals surface area contributed by atoms with Crippen molar-refractivity contribution >= 4 is 27.8 Å². The second-order valence-corrected chi connectivity index (χ2v) is 5.53. The predicted octanol–water partition coefficient (Wildman–Crippen LogP) is 1.29. The molecule has 100 valence electrons. The molecule has 1 aromatic rings. The van der Waals surface area contributed by atoms with Crippen LogP contribution in [0.1, 0.15) is 16.6 Å². The van der Waals surface area contributed by atoms with Crippen molar-refractivity contribution in [2.75, 3.05) is 51.0 Å². The van der Waals surface area contributed by atoms with Crippen LogP contribution < -0.4 is 15.4 Å². The van der Waals surface area contributed by atoms with Crippen LogP contribution >= 0.6 is 11.3 Å². The molecule has 1 aromatic heterocycles. The number of carbonyl (C=O) groups is 1. The highest BCUT2D eigenvalue weighted by molar-refractivity contribution is 7.19. The van der Waals surface area contributed by atoms with Crippen molar-refractivity contribution < 1.29 is 9.53 Å². The largest absolute Gasteiger partial charge is 0.492 e. The number of ether oxygens (including phenoxy) is 1. The molecule has 0 atom stereocenters. The van der Waals surface area contributed by atoms with E-state index in [1.165, 1.54) is 18.3 Å². The van der Waals surface area contributed by atoms with Crippen LogP contribution in [-0.2, 0) is 0 Å². The summed E-state index contributed by atoms with van der Waals surface area (Å²) >= 11 is 1.43. The average molecular weight is 269 g/mol. The lowest BCUT2D eigenvalue weighted by atomic mass is 10.3. The zero-order valence-corrected chi connectivity index (χ0v) is 11.8. The van der Waals surface area contributed by atoms with E-state index in [9.17, 15) is 4.79 Å². The summed E-state index contributed by atoms with van der Waals surface area (Å²) < 4.78 is 5.36. The monoisotopic (exact) mass is 269 g/mol. The van der Waals surface area contributed by atoms with Gasteiger partial charge in [-0.3, -0.25) is 4.79 Å². The Hall–Kier alpha value is -1.27. The van der Waals surface area contributed by atoms with Gasteiger partial charge >= 0.3 is 0 Å². The zero-order valence-electron chi connectivity index (χ0n) is 11.0. The number of thiophene rings is 1. The van der Waals surface area contributed by atoms with Gasteiger partial charge in [0.15, 0.2) is 11.5 Å². The maximum atomic E-state index is 11.5. The van der Waals surface area contributed by atoms with E-state index in [1.807, 2.05) is 0 Å². The summed E-state index contributed by atoms with van der Waals surface area (Å²) in [5.74, 6) is 0.644. The molecule has 0 unspecified atom stereocenters. The lowest BCUT2D eigenvalue weighted by molar-refractivity contribution is 0.102. The number of Topliss-reactive ketones (excluding diaryl/α,β-unsaturated/α-hetero) is 1. The fraction of sp³-hybridized carbons (Fsp3) is 0.583. The molecule has 5 nitrogen and oxygen atoms in total. The van der Waals surface area contributed by atoms with E-state index in [0.29, 0.717) is 16.3 Å². The first-order chi connectivity index (χ1) is 8.54. The van der Waals surface area contributed by atoms with Gasteiger partial charge in [-0.25, -0.2) is 0 Å². The highest BCUT2D eigenvalue weighted by Crippen LogP contribution is 2.45. The molecule has 1 saturated heterocycles. The van der Waals surface area contributed by atoms with Crippen molar-refractivity contribution in [3.8, 4) is 5.75 Å². The average Bonchev–Trinajstić information content (AvgIpc) is 2.67. The van der Waals surface area contributed by atoms with Gasteiger partial charge in [0.2, 0.25) is 0 Å². The Labute approximate surface area is 111 Å². The number of nitrogens with zero attached hydrogens (tertiary/aromatic N) is 2. The first-order valence-corrected chi connectivity index (χ1v) is 6.77. The summed E-state index contributed by atoms with van der Waals surface area (Å²) in [4.78, 5) is 16.7. The first-order valence-electron chi connectivity index (χ1n) is 5.95. The van der Waals surface area contributed by atoms with E-state index in [4.69, 9.17) is 10.5 Å². The van der Waals surface area contributed by atoms with Gasteiger partial charge in [-0.05, 0) is 7.05 Å². The van der Waals surface area contributed by atoms with Crippen molar-refractivity contribution in [1.29, 1.82) is 0 Å². The second-order valence-electron chi connectivity index (χ2n) is 4.53. The van der Waals surface area contributed by atoms with Crippen LogP contribution in [0.15, 0.2) is 0 Å². The molecule has 0 saturated carbocycles. The smallest absolute Gasteiger partial charge is 0.177 e. The Morgan fingerprint density at radius 3 is 2.44 bits per heavy atom. The van der Waals surface area contributed by atoms with Crippen molar-refractivity contribution in [1.82, 2.24) is 4.90 Å². The summed E-state index contributed by atoms with van der Waals surface area (Å²) in [7, 11) is 3.71. The minimum absolute atomic E-state index is 0.00354. The third-order valence-electron chi connectivity index (χ3n) is 3.20. The number of ketones is 1. The molecular weight excluding hydrogens is 250 g/mol. The molecule has 1 aliphatic heterocycles. The Morgan fingerprint density at radius 2 is 1.94 bits per heavy atom. The molecule has 18 heavy (non-hydrogen) atoms. The zero-order chi connectivity index (χ0) is 13.3. The predicted molar refractivity (Wildman–Crippen MR) is 75.0 cm³/mol. The molecule has 0 amide bonds. The standard InChI is InChI=1S/C12H19N3O2S/c1-8(16)11-9(13)10(17-3)12(18-11)15-6-4-14(2)5-7-15/h4-7,13H2,1-3H3. The van der Waals surface area contributed by atoms with E-state index in [0.717, 1.165) is 31.2 Å². The third-order valence-corrected chi connectivity index (χ3v) is 4.55. The molecule has 2 rings (SSSR count). The summed E-state index contributed by atoms with van der Waals surface area (Å²) in [5.41, 5.74) is 6.45. The highest BCUT2D eigenvalue weighted by Gasteiger charge is 2.25. The maximum Gasteiger partial charge on any atom is 0.177 e. The van der Waals surface area contributed by atoms with E-state index >= 15 is 0 Å². The maximum absolute atomic E-state index is 11.5. The van der Waals surface area contributed by atoms with Gasteiger partial charge in [-0.15, -0.1) is 11.3 Å². The first kappa shape index (κ1) is 13.2. The molecule has 6 heteroatoms. The van der Waals surface area contributed by atoms with Gasteiger partial charge in [-0.1, -0.05) is 0 Å². The molecule has 0 aliphatic carbocycles. The molecule has 2 N–H and O–H groups in total. The molecular formula is C12H19N3O2S. The van der Waals surface area contributed by atoms with Crippen LogP contribution in [0.25, 0.3) is 0 Å². The topological polar surface area (TPSA) is 58.8 Å². The molecule has 1 aliphatic rings. The van der Waals surface area contributed by atoms with Gasteiger partial charge in [0.05, 0.1) is 17.7 Å². The number of hydrogen-bond acceptors (Lipinski definition) is 6. The fourth-order valence-corrected chi connectivity index (χ4v) is 3.23. The minimum atomic E-state index is -0.00354. The van der Waals surface area contributed by atoms with Crippen molar-refractivity contribution in [3.63, 3.8) is 0 Å². The molecule has 1 fully saturated rings. The van der Waals surface area contributed by atoms with E-state index in [1.54, 1.807) is 7.11 Å². The normalized spacial score (nSPS) is 16.9. The number of anilines is 2. The SMILES string of the molecule is COc1c(N2CCN(C)CC2)sc(C(C)=O)c1N. The van der Waals surface area contributed by atoms with Gasteiger partial charge in [0, 0.05) is 33.1 Å². The van der Waals surface area contributed by atoms with Gasteiger partial charge < -0.3 is 20.3 Å². The van der Waals surface area contributed by atoms with E-state index < -0.39 is 0 Å². The number of nitrogen functional groups attached to an aromatic ring is 1. The van der Waals surface area contributed by atoms with Gasteiger partial charge in [0.1, 0.15) is 5.00 Å². The summed E-state index contributed by atoms with van der Waals surface area (Å²) in [6.45, 7) is 5.43. The minimum Gasteiger partial charge on any atom is -0.492 e.